The van der Waals surface area contributed by atoms with Gasteiger partial charge in [0.15, 0.2) is 0 Å². The fraction of sp³-hybridized carbons (Fsp3) is 0.667. The van der Waals surface area contributed by atoms with Gasteiger partial charge in [0.25, 0.3) is 0 Å². The third-order valence-corrected chi connectivity index (χ3v) is 8.18. The van der Waals surface area contributed by atoms with Crippen molar-refractivity contribution in [3.63, 3.8) is 0 Å². The van der Waals surface area contributed by atoms with Crippen LogP contribution in [0.5, 0.6) is 0 Å². The van der Waals surface area contributed by atoms with E-state index in [-0.39, 0.29) is 16.7 Å². The number of amides is 1. The average molecular weight is 352 g/mol. The molecule has 3 aliphatic carbocycles. The topological polar surface area (TPSA) is 59.8 Å². The van der Waals surface area contributed by atoms with Gasteiger partial charge in [-0.25, -0.2) is 4.68 Å². The Kier molecular flexibility index (Phi) is 3.47. The van der Waals surface area contributed by atoms with Crippen molar-refractivity contribution < 1.29 is 4.79 Å². The Bertz CT molecular complexity index is 795. The third-order valence-electron chi connectivity index (χ3n) is 8.18. The zero-order valence-electron chi connectivity index (χ0n) is 15.7. The van der Waals surface area contributed by atoms with E-state index in [9.17, 15) is 4.79 Å². The molecule has 1 saturated heterocycles. The van der Waals surface area contributed by atoms with Crippen LogP contribution in [0, 0.1) is 28.6 Å². The molecule has 0 aromatic carbocycles. The fourth-order valence-corrected chi connectivity index (χ4v) is 6.61. The lowest BCUT2D eigenvalue weighted by Gasteiger charge is -2.56. The molecule has 5 nitrogen and oxygen atoms in total. The monoisotopic (exact) mass is 352 g/mol. The molecule has 1 aromatic heterocycles. The van der Waals surface area contributed by atoms with Crippen molar-refractivity contribution in [2.24, 2.45) is 28.6 Å². The summed E-state index contributed by atoms with van der Waals surface area (Å²) >= 11 is 0. The van der Waals surface area contributed by atoms with Crippen LogP contribution in [-0.4, -0.2) is 27.4 Å². The minimum atomic E-state index is 0.0802. The van der Waals surface area contributed by atoms with Crippen LogP contribution in [0.1, 0.15) is 52.4 Å². The first-order valence-corrected chi connectivity index (χ1v) is 10.1. The van der Waals surface area contributed by atoms with E-state index in [1.165, 1.54) is 25.0 Å². The zero-order valence-corrected chi connectivity index (χ0v) is 15.7. The largest absolute Gasteiger partial charge is 0.356 e. The molecule has 1 aliphatic heterocycles. The normalized spacial score (nSPS) is 41.9. The lowest BCUT2D eigenvalue weighted by atomic mass is 9.48. The summed E-state index contributed by atoms with van der Waals surface area (Å²) in [4.78, 5) is 12.0. The average Bonchev–Trinajstić information content (AvgIpc) is 3.22. The van der Waals surface area contributed by atoms with Gasteiger partial charge in [0.2, 0.25) is 5.91 Å². The van der Waals surface area contributed by atoms with Crippen LogP contribution in [0.15, 0.2) is 30.1 Å². The predicted octanol–water partition coefficient (Wildman–Crippen LogP) is 3.42. The van der Waals surface area contributed by atoms with Gasteiger partial charge in [-0.2, -0.15) is 0 Å². The van der Waals surface area contributed by atoms with Gasteiger partial charge in [-0.1, -0.05) is 30.7 Å². The van der Waals surface area contributed by atoms with Gasteiger partial charge in [0.05, 0.1) is 18.1 Å². The number of allylic oxidation sites excluding steroid dienone is 4. The number of carbonyl (C=O) groups is 1. The second kappa shape index (κ2) is 5.54. The van der Waals surface area contributed by atoms with E-state index in [1.54, 1.807) is 11.8 Å². The van der Waals surface area contributed by atoms with Crippen LogP contribution in [0.3, 0.4) is 0 Å². The molecule has 1 unspecified atom stereocenters. The van der Waals surface area contributed by atoms with Crippen LogP contribution in [-0.2, 0) is 4.79 Å². The highest BCUT2D eigenvalue weighted by Crippen LogP contribution is 2.64. The minimum Gasteiger partial charge on any atom is -0.356 e. The SMILES string of the molecule is C[C@]12CC[C@H]3[C@@H](CCC4CNC(=O)CC[C@@]43C)C1=CC=C2n1ccnn1. The van der Waals surface area contributed by atoms with Gasteiger partial charge in [0.1, 0.15) is 0 Å². The van der Waals surface area contributed by atoms with Crippen LogP contribution in [0.25, 0.3) is 5.70 Å². The molecular formula is C21H28N4O. The number of fused-ring (bicyclic) bond motifs is 5. The summed E-state index contributed by atoms with van der Waals surface area (Å²) < 4.78 is 1.95. The molecule has 1 aromatic rings. The first-order chi connectivity index (χ1) is 12.5. The molecule has 5 heteroatoms. The zero-order chi connectivity index (χ0) is 17.9. The molecule has 0 spiro atoms. The summed E-state index contributed by atoms with van der Waals surface area (Å²) in [5.41, 5.74) is 3.23. The molecular weight excluding hydrogens is 324 g/mol. The molecule has 2 saturated carbocycles. The first-order valence-electron chi connectivity index (χ1n) is 10.1. The molecule has 5 atom stereocenters. The number of aromatic nitrogens is 3. The van der Waals surface area contributed by atoms with E-state index in [0.717, 1.165) is 19.4 Å². The van der Waals surface area contributed by atoms with Crippen molar-refractivity contribution in [3.05, 3.63) is 30.1 Å². The molecule has 0 bridgehead atoms. The quantitative estimate of drug-likeness (QED) is 0.842. The second-order valence-corrected chi connectivity index (χ2v) is 9.19. The molecule has 26 heavy (non-hydrogen) atoms. The van der Waals surface area contributed by atoms with Gasteiger partial charge in [-0.3, -0.25) is 4.79 Å². The van der Waals surface area contributed by atoms with Crippen molar-refractivity contribution >= 4 is 11.6 Å². The maximum absolute atomic E-state index is 12.0. The maximum Gasteiger partial charge on any atom is 0.220 e. The van der Waals surface area contributed by atoms with E-state index in [1.807, 2.05) is 10.9 Å². The van der Waals surface area contributed by atoms with Crippen molar-refractivity contribution in [3.8, 4) is 0 Å². The fourth-order valence-electron chi connectivity index (χ4n) is 6.61. The number of nitrogens with zero attached hydrogens (tertiary/aromatic N) is 3. The number of hydrogen-bond acceptors (Lipinski definition) is 3. The summed E-state index contributed by atoms with van der Waals surface area (Å²) in [6, 6.07) is 0. The molecule has 5 rings (SSSR count). The van der Waals surface area contributed by atoms with Gasteiger partial charge in [-0.05, 0) is 61.3 Å². The lowest BCUT2D eigenvalue weighted by Crippen LogP contribution is -2.50. The standard InChI is InChI=1S/C21H28N4O/c1-20-10-8-19(26)22-13-14(20)3-4-15-16-5-6-18(25-12-11-23-24-25)21(16,2)9-7-17(15)20/h5-6,11-12,14-15,17H,3-4,7-10,13H2,1-2H3,(H,22,26)/t14?,15-,17-,20-,21-/m0/s1. The Morgan fingerprint density at radius 2 is 2.08 bits per heavy atom. The highest BCUT2D eigenvalue weighted by Gasteiger charge is 2.56. The summed E-state index contributed by atoms with van der Waals surface area (Å²) in [7, 11) is 0. The van der Waals surface area contributed by atoms with E-state index in [2.05, 4.69) is 41.6 Å². The van der Waals surface area contributed by atoms with Crippen molar-refractivity contribution in [2.75, 3.05) is 6.54 Å². The van der Waals surface area contributed by atoms with Crippen LogP contribution in [0.4, 0.5) is 0 Å². The molecule has 2 heterocycles. The molecule has 0 radical (unpaired) electrons. The van der Waals surface area contributed by atoms with E-state index in [4.69, 9.17) is 0 Å². The van der Waals surface area contributed by atoms with Gasteiger partial charge in [0, 0.05) is 18.4 Å². The van der Waals surface area contributed by atoms with Crippen LogP contribution in [0.2, 0.25) is 0 Å². The smallest absolute Gasteiger partial charge is 0.220 e. The maximum atomic E-state index is 12.0. The number of rotatable bonds is 1. The first kappa shape index (κ1) is 16.3. The molecule has 3 fully saturated rings. The summed E-state index contributed by atoms with van der Waals surface area (Å²) in [6.07, 6.45) is 15.0. The van der Waals surface area contributed by atoms with Crippen molar-refractivity contribution in [1.82, 2.24) is 20.3 Å². The molecule has 1 N–H and O–H groups in total. The van der Waals surface area contributed by atoms with Crippen LogP contribution < -0.4 is 5.32 Å². The van der Waals surface area contributed by atoms with Crippen molar-refractivity contribution in [1.29, 1.82) is 0 Å². The number of hydrogen-bond donors (Lipinski definition) is 1. The Morgan fingerprint density at radius 3 is 2.88 bits per heavy atom. The van der Waals surface area contributed by atoms with E-state index < -0.39 is 0 Å². The van der Waals surface area contributed by atoms with Gasteiger partial charge < -0.3 is 5.32 Å². The highest BCUT2D eigenvalue weighted by molar-refractivity contribution is 5.76. The van der Waals surface area contributed by atoms with Crippen LogP contribution >= 0.6 is 0 Å². The minimum absolute atomic E-state index is 0.0802. The Labute approximate surface area is 154 Å². The van der Waals surface area contributed by atoms with Gasteiger partial charge >= 0.3 is 0 Å². The van der Waals surface area contributed by atoms with E-state index in [0.29, 0.717) is 24.2 Å². The summed E-state index contributed by atoms with van der Waals surface area (Å²) in [5, 5.41) is 11.4. The molecule has 1 amide bonds. The third kappa shape index (κ3) is 2.12. The highest BCUT2D eigenvalue weighted by atomic mass is 16.1. The van der Waals surface area contributed by atoms with Gasteiger partial charge in [-0.15, -0.1) is 5.10 Å². The summed E-state index contributed by atoms with van der Waals surface area (Å²) in [6.45, 7) is 5.73. The molecule has 4 aliphatic rings. The molecule has 138 valence electrons. The summed E-state index contributed by atoms with van der Waals surface area (Å²) in [5.74, 6) is 2.20. The lowest BCUT2D eigenvalue weighted by molar-refractivity contribution is -0.121. The second-order valence-electron chi connectivity index (χ2n) is 9.19. The van der Waals surface area contributed by atoms with Crippen molar-refractivity contribution in [2.45, 2.75) is 52.4 Å². The number of nitrogens with one attached hydrogen (secondary N) is 1. The number of carbonyl (C=O) groups excluding carboxylic acids is 1. The Hall–Kier alpha value is -1.91. The Balaban J connectivity index is 1.47. The van der Waals surface area contributed by atoms with E-state index >= 15 is 0 Å². The Morgan fingerprint density at radius 1 is 1.19 bits per heavy atom. The predicted molar refractivity (Wildman–Crippen MR) is 99.8 cm³/mol.